The first-order valence-corrected chi connectivity index (χ1v) is 12.6. The first-order valence-electron chi connectivity index (χ1n) is 11.6. The highest BCUT2D eigenvalue weighted by Crippen LogP contribution is 2.57. The van der Waals surface area contributed by atoms with E-state index in [9.17, 15) is 34.8 Å². The maximum absolute atomic E-state index is 13.7. The molecule has 8 heteroatoms. The molecule has 33 heavy (non-hydrogen) atoms. The number of allylic oxidation sites excluding steroid dienone is 3. The van der Waals surface area contributed by atoms with Crippen molar-refractivity contribution in [3.05, 3.63) is 34.5 Å². The lowest BCUT2D eigenvalue weighted by molar-refractivity contribution is -0.195. The molecule has 7 nitrogen and oxygen atoms in total. The van der Waals surface area contributed by atoms with Crippen molar-refractivity contribution in [3.8, 4) is 0 Å². The average Bonchev–Trinajstić information content (AvgIpc) is 3.16. The lowest BCUT2D eigenvalue weighted by Crippen LogP contribution is -2.66. The van der Waals surface area contributed by atoms with E-state index in [4.69, 9.17) is 0 Å². The summed E-state index contributed by atoms with van der Waals surface area (Å²) in [5.74, 6) is -5.06. The molecule has 0 aromatic carbocycles. The van der Waals surface area contributed by atoms with E-state index in [0.29, 0.717) is 6.42 Å². The zero-order valence-electron chi connectivity index (χ0n) is 18.7. The van der Waals surface area contributed by atoms with Crippen molar-refractivity contribution in [2.24, 2.45) is 35.5 Å². The second-order valence-corrected chi connectivity index (χ2v) is 11.6. The number of hydrogen-bond donors (Lipinski definition) is 4. The van der Waals surface area contributed by atoms with Crippen molar-refractivity contribution in [1.82, 2.24) is 0 Å². The third kappa shape index (κ3) is 3.25. The van der Waals surface area contributed by atoms with E-state index in [-0.39, 0.29) is 41.6 Å². The smallest absolute Gasteiger partial charge is 0.170 e. The van der Waals surface area contributed by atoms with E-state index in [0.717, 1.165) is 13.3 Å². The van der Waals surface area contributed by atoms with Gasteiger partial charge in [0, 0.05) is 17.6 Å². The SMILES string of the molecule is CC(=O)C1=C(O)[C@@]2(O)C(O)C3C(=O)C4C(O)C=CC(C5CC(C)=CS5)C4C[C@H]3C[C@H]2CC1=O. The molecule has 0 bridgehead atoms. The molecule has 1 heterocycles. The van der Waals surface area contributed by atoms with E-state index in [1.54, 1.807) is 17.8 Å². The van der Waals surface area contributed by atoms with E-state index in [2.05, 4.69) is 12.3 Å². The van der Waals surface area contributed by atoms with Gasteiger partial charge in [-0.15, -0.1) is 11.8 Å². The van der Waals surface area contributed by atoms with Crippen LogP contribution >= 0.6 is 11.8 Å². The molecule has 0 radical (unpaired) electrons. The number of carbonyl (C=O) groups excluding carboxylic acids is 3. The van der Waals surface area contributed by atoms with Crippen molar-refractivity contribution < 1.29 is 34.8 Å². The molecule has 178 valence electrons. The van der Waals surface area contributed by atoms with Gasteiger partial charge in [-0.3, -0.25) is 14.4 Å². The van der Waals surface area contributed by atoms with Gasteiger partial charge in [-0.1, -0.05) is 17.7 Å². The Morgan fingerprint density at radius 2 is 1.85 bits per heavy atom. The van der Waals surface area contributed by atoms with Gasteiger partial charge in [-0.05, 0) is 56.3 Å². The minimum absolute atomic E-state index is 0.0924. The highest BCUT2D eigenvalue weighted by molar-refractivity contribution is 8.03. The second kappa shape index (κ2) is 7.90. The maximum atomic E-state index is 13.7. The monoisotopic (exact) mass is 474 g/mol. The summed E-state index contributed by atoms with van der Waals surface area (Å²) >= 11 is 1.75. The lowest BCUT2D eigenvalue weighted by atomic mass is 9.50. The molecule has 2 saturated carbocycles. The van der Waals surface area contributed by atoms with Crippen molar-refractivity contribution in [3.63, 3.8) is 0 Å². The number of Topliss-reactive ketones (excluding diaryl/α,β-unsaturated/α-hetero) is 3. The predicted molar refractivity (Wildman–Crippen MR) is 121 cm³/mol. The fourth-order valence-electron chi connectivity index (χ4n) is 7.18. The molecule has 5 rings (SSSR count). The van der Waals surface area contributed by atoms with Gasteiger partial charge in [0.1, 0.15) is 23.2 Å². The number of hydrogen-bond acceptors (Lipinski definition) is 8. The fraction of sp³-hybridized carbons (Fsp3) is 0.640. The molecular weight excluding hydrogens is 444 g/mol. The first-order chi connectivity index (χ1) is 15.6. The molecule has 0 amide bonds. The van der Waals surface area contributed by atoms with E-state index in [1.807, 2.05) is 6.08 Å². The quantitative estimate of drug-likeness (QED) is 0.352. The highest BCUT2D eigenvalue weighted by Gasteiger charge is 2.64. The van der Waals surface area contributed by atoms with Gasteiger partial charge in [-0.2, -0.15) is 0 Å². The van der Waals surface area contributed by atoms with Crippen LogP contribution in [0.15, 0.2) is 34.5 Å². The van der Waals surface area contributed by atoms with Crippen LogP contribution in [0.25, 0.3) is 0 Å². The molecule has 0 aromatic rings. The van der Waals surface area contributed by atoms with Crippen molar-refractivity contribution in [2.45, 2.75) is 62.6 Å². The van der Waals surface area contributed by atoms with Crippen LogP contribution in [-0.4, -0.2) is 60.8 Å². The highest BCUT2D eigenvalue weighted by atomic mass is 32.2. The van der Waals surface area contributed by atoms with Crippen LogP contribution in [0.5, 0.6) is 0 Å². The summed E-state index contributed by atoms with van der Waals surface area (Å²) in [6.45, 7) is 3.21. The van der Waals surface area contributed by atoms with Crippen molar-refractivity contribution in [1.29, 1.82) is 0 Å². The summed E-state index contributed by atoms with van der Waals surface area (Å²) in [7, 11) is 0. The van der Waals surface area contributed by atoms with E-state index >= 15 is 0 Å². The van der Waals surface area contributed by atoms with Crippen LogP contribution in [0.3, 0.4) is 0 Å². The molecule has 0 spiro atoms. The Morgan fingerprint density at radius 1 is 1.12 bits per heavy atom. The van der Waals surface area contributed by atoms with Crippen LogP contribution in [0.2, 0.25) is 0 Å². The van der Waals surface area contributed by atoms with Crippen LogP contribution < -0.4 is 0 Å². The average molecular weight is 475 g/mol. The van der Waals surface area contributed by atoms with Gasteiger partial charge in [0.2, 0.25) is 0 Å². The molecule has 2 fully saturated rings. The van der Waals surface area contributed by atoms with Gasteiger partial charge >= 0.3 is 0 Å². The third-order valence-corrected chi connectivity index (χ3v) is 10.0. The number of fused-ring (bicyclic) bond motifs is 3. The maximum Gasteiger partial charge on any atom is 0.170 e. The molecule has 5 aliphatic rings. The summed E-state index contributed by atoms with van der Waals surface area (Å²) in [5, 5.41) is 46.6. The molecule has 7 unspecified atom stereocenters. The van der Waals surface area contributed by atoms with Crippen LogP contribution in [0.1, 0.15) is 39.5 Å². The first kappa shape index (κ1) is 23.0. The lowest BCUT2D eigenvalue weighted by Gasteiger charge is -2.56. The minimum atomic E-state index is -2.23. The molecule has 10 atom stereocenters. The molecule has 0 saturated heterocycles. The Labute approximate surface area is 196 Å². The number of rotatable bonds is 2. The minimum Gasteiger partial charge on any atom is -0.508 e. The third-order valence-electron chi connectivity index (χ3n) is 8.67. The number of carbonyl (C=O) groups is 3. The van der Waals surface area contributed by atoms with Gasteiger partial charge in [-0.25, -0.2) is 0 Å². The predicted octanol–water partition coefficient (Wildman–Crippen LogP) is 1.87. The molecule has 4 aliphatic carbocycles. The Hall–Kier alpha value is -1.74. The second-order valence-electron chi connectivity index (χ2n) is 10.5. The molecule has 0 aromatic heterocycles. The summed E-state index contributed by atoms with van der Waals surface area (Å²) in [6.07, 6.45) is 2.72. The van der Waals surface area contributed by atoms with Crippen LogP contribution in [-0.2, 0) is 14.4 Å². The number of aliphatic hydroxyl groups excluding tert-OH is 3. The summed E-state index contributed by atoms with van der Waals surface area (Å²) < 4.78 is 0. The zero-order valence-corrected chi connectivity index (χ0v) is 19.5. The topological polar surface area (TPSA) is 132 Å². The summed E-state index contributed by atoms with van der Waals surface area (Å²) in [5.41, 5.74) is -1.42. The zero-order chi connectivity index (χ0) is 23.8. The summed E-state index contributed by atoms with van der Waals surface area (Å²) in [4.78, 5) is 38.2. The van der Waals surface area contributed by atoms with Crippen LogP contribution in [0, 0.1) is 35.5 Å². The van der Waals surface area contributed by atoms with E-state index in [1.165, 1.54) is 5.57 Å². The van der Waals surface area contributed by atoms with Gasteiger partial charge < -0.3 is 20.4 Å². The molecular formula is C25H30O7S. The van der Waals surface area contributed by atoms with Gasteiger partial charge in [0.25, 0.3) is 0 Å². The largest absolute Gasteiger partial charge is 0.508 e. The van der Waals surface area contributed by atoms with Gasteiger partial charge in [0.05, 0.1) is 17.9 Å². The van der Waals surface area contributed by atoms with Crippen LogP contribution in [0.4, 0.5) is 0 Å². The standard InChI is InChI=1S/C25H30O7S/c1-10-5-18(33-9-10)14-3-4-16(27)21-15(14)7-12-6-13-8-17(28)19(11(2)26)23(30)25(13,32)24(31)20(12)22(21)29/h3-4,9,12-16,18,20-21,24,27,30-32H,5-8H2,1-2H3/t12-,13+,14?,15?,16?,18?,20?,21?,24?,25-/m1/s1. The number of aliphatic hydroxyl groups is 4. The number of thioether (sulfide) groups is 1. The fourth-order valence-corrected chi connectivity index (χ4v) is 8.52. The Morgan fingerprint density at radius 3 is 2.48 bits per heavy atom. The normalized spacial score (nSPS) is 47.1. The van der Waals surface area contributed by atoms with E-state index < -0.39 is 58.5 Å². The Kier molecular flexibility index (Phi) is 5.51. The Bertz CT molecular complexity index is 1010. The number of ketones is 3. The molecule has 1 aliphatic heterocycles. The van der Waals surface area contributed by atoms with Crippen molar-refractivity contribution >= 4 is 29.1 Å². The molecule has 4 N–H and O–H groups in total. The van der Waals surface area contributed by atoms with Crippen molar-refractivity contribution in [2.75, 3.05) is 0 Å². The summed E-state index contributed by atoms with van der Waals surface area (Å²) in [6, 6.07) is 0. The van der Waals surface area contributed by atoms with Gasteiger partial charge in [0.15, 0.2) is 17.2 Å². The Balaban J connectivity index is 1.51.